The van der Waals surface area contributed by atoms with E-state index in [1.54, 1.807) is 23.1 Å². The molecule has 0 radical (unpaired) electrons. The predicted molar refractivity (Wildman–Crippen MR) is 113 cm³/mol. The zero-order valence-electron chi connectivity index (χ0n) is 16.4. The molecule has 0 spiro atoms. The van der Waals surface area contributed by atoms with Gasteiger partial charge in [0.2, 0.25) is 5.91 Å². The van der Waals surface area contributed by atoms with Gasteiger partial charge in [0.05, 0.1) is 11.3 Å². The molecule has 2 aromatic carbocycles. The first kappa shape index (κ1) is 19.9. The fraction of sp³-hybridized carbons (Fsp3) is 0.364. The molecule has 3 rings (SSSR count). The first-order chi connectivity index (χ1) is 13.6. The number of nitrogens with zero attached hydrogens (tertiary/aromatic N) is 3. The van der Waals surface area contributed by atoms with E-state index in [0.717, 1.165) is 32.7 Å². The molecule has 1 fully saturated rings. The lowest BCUT2D eigenvalue weighted by Gasteiger charge is -2.37. The smallest absolute Gasteiger partial charge is 0.250 e. The normalized spacial score (nSPS) is 14.7. The molecule has 1 aliphatic rings. The molecular weight excluding hydrogens is 352 g/mol. The molecule has 0 unspecified atom stereocenters. The van der Waals surface area contributed by atoms with Crippen LogP contribution in [0.4, 0.5) is 11.4 Å². The highest BCUT2D eigenvalue weighted by Crippen LogP contribution is 2.21. The number of hydrogen-bond donors (Lipinski definition) is 1. The third-order valence-electron chi connectivity index (χ3n) is 5.20. The number of hydrogen-bond acceptors (Lipinski definition) is 4. The second-order valence-electron chi connectivity index (χ2n) is 6.94. The van der Waals surface area contributed by atoms with E-state index < -0.39 is 5.91 Å². The number of carbonyl (C=O) groups excluding carboxylic acids is 2. The first-order valence-electron chi connectivity index (χ1n) is 9.81. The first-order valence-corrected chi connectivity index (χ1v) is 9.81. The van der Waals surface area contributed by atoms with Crippen LogP contribution in [0.3, 0.4) is 0 Å². The molecule has 1 aliphatic heterocycles. The molecule has 2 N–H and O–H groups in total. The third kappa shape index (κ3) is 4.70. The summed E-state index contributed by atoms with van der Waals surface area (Å²) >= 11 is 0. The Hall–Kier alpha value is -2.86. The predicted octanol–water partition coefficient (Wildman–Crippen LogP) is 2.35. The van der Waals surface area contributed by atoms with Crippen molar-refractivity contribution in [3.05, 3.63) is 60.2 Å². The summed E-state index contributed by atoms with van der Waals surface area (Å²) in [6.07, 6.45) is 0.384. The fourth-order valence-electron chi connectivity index (χ4n) is 3.60. The monoisotopic (exact) mass is 380 g/mol. The van der Waals surface area contributed by atoms with Crippen LogP contribution in [0.15, 0.2) is 54.6 Å². The molecule has 1 saturated heterocycles. The van der Waals surface area contributed by atoms with E-state index >= 15 is 0 Å². The Bertz CT molecular complexity index is 801. The molecule has 6 heteroatoms. The third-order valence-corrected chi connectivity index (χ3v) is 5.20. The van der Waals surface area contributed by atoms with Crippen molar-refractivity contribution >= 4 is 23.2 Å². The zero-order valence-corrected chi connectivity index (χ0v) is 16.4. The number of rotatable bonds is 7. The van der Waals surface area contributed by atoms with E-state index in [1.807, 2.05) is 19.1 Å². The van der Waals surface area contributed by atoms with Crippen molar-refractivity contribution < 1.29 is 9.59 Å². The molecule has 148 valence electrons. The SMILES string of the molecule is CCC(=O)N(CCN1CCN(c2ccccc2)CC1)c1ccccc1C(N)=O. The van der Waals surface area contributed by atoms with E-state index in [2.05, 4.69) is 34.1 Å². The van der Waals surface area contributed by atoms with Crippen molar-refractivity contribution in [3.63, 3.8) is 0 Å². The number of para-hydroxylation sites is 2. The number of carbonyl (C=O) groups is 2. The van der Waals surface area contributed by atoms with Crippen LogP contribution < -0.4 is 15.5 Å². The van der Waals surface area contributed by atoms with Crippen LogP contribution in [0.5, 0.6) is 0 Å². The van der Waals surface area contributed by atoms with Gasteiger partial charge in [-0.15, -0.1) is 0 Å². The number of piperazine rings is 1. The highest BCUT2D eigenvalue weighted by atomic mass is 16.2. The molecular formula is C22H28N4O2. The molecule has 0 bridgehead atoms. The molecule has 2 amide bonds. The van der Waals surface area contributed by atoms with Gasteiger partial charge in [-0.2, -0.15) is 0 Å². The van der Waals surface area contributed by atoms with E-state index in [4.69, 9.17) is 5.73 Å². The number of benzene rings is 2. The van der Waals surface area contributed by atoms with Gasteiger partial charge < -0.3 is 15.5 Å². The van der Waals surface area contributed by atoms with Crippen molar-refractivity contribution in [2.24, 2.45) is 5.73 Å². The molecule has 0 aromatic heterocycles. The highest BCUT2D eigenvalue weighted by molar-refractivity contribution is 6.04. The Morgan fingerprint density at radius 2 is 1.61 bits per heavy atom. The molecule has 28 heavy (non-hydrogen) atoms. The van der Waals surface area contributed by atoms with E-state index in [0.29, 0.717) is 24.2 Å². The maximum Gasteiger partial charge on any atom is 0.250 e. The van der Waals surface area contributed by atoms with Crippen molar-refractivity contribution in [2.45, 2.75) is 13.3 Å². The van der Waals surface area contributed by atoms with Crippen LogP contribution in [0.25, 0.3) is 0 Å². The van der Waals surface area contributed by atoms with Gasteiger partial charge in [-0.3, -0.25) is 14.5 Å². The van der Waals surface area contributed by atoms with Gasteiger partial charge in [0.1, 0.15) is 0 Å². The van der Waals surface area contributed by atoms with Crippen molar-refractivity contribution in [1.29, 1.82) is 0 Å². The Morgan fingerprint density at radius 1 is 0.964 bits per heavy atom. The van der Waals surface area contributed by atoms with Crippen LogP contribution in [0, 0.1) is 0 Å². The van der Waals surface area contributed by atoms with Gasteiger partial charge in [0, 0.05) is 51.4 Å². The van der Waals surface area contributed by atoms with Crippen LogP contribution in [0.2, 0.25) is 0 Å². The van der Waals surface area contributed by atoms with Crippen LogP contribution >= 0.6 is 0 Å². The molecule has 2 aromatic rings. The van der Waals surface area contributed by atoms with Gasteiger partial charge in [-0.1, -0.05) is 37.3 Å². The van der Waals surface area contributed by atoms with Gasteiger partial charge in [0.25, 0.3) is 5.91 Å². The number of primary amides is 1. The molecule has 6 nitrogen and oxygen atoms in total. The Balaban J connectivity index is 1.63. The fourth-order valence-corrected chi connectivity index (χ4v) is 3.60. The zero-order chi connectivity index (χ0) is 19.9. The Kier molecular flexibility index (Phi) is 6.66. The summed E-state index contributed by atoms with van der Waals surface area (Å²) in [6, 6.07) is 17.5. The largest absolute Gasteiger partial charge is 0.369 e. The molecule has 0 aliphatic carbocycles. The van der Waals surface area contributed by atoms with Crippen LogP contribution in [-0.2, 0) is 4.79 Å². The van der Waals surface area contributed by atoms with Gasteiger partial charge in [0.15, 0.2) is 0 Å². The minimum Gasteiger partial charge on any atom is -0.369 e. The van der Waals surface area contributed by atoms with Crippen molar-refractivity contribution in [3.8, 4) is 0 Å². The van der Waals surface area contributed by atoms with Gasteiger partial charge >= 0.3 is 0 Å². The number of nitrogens with two attached hydrogens (primary N) is 1. The van der Waals surface area contributed by atoms with Crippen molar-refractivity contribution in [1.82, 2.24) is 4.90 Å². The lowest BCUT2D eigenvalue weighted by Crippen LogP contribution is -2.49. The summed E-state index contributed by atoms with van der Waals surface area (Å²) in [7, 11) is 0. The van der Waals surface area contributed by atoms with Gasteiger partial charge in [-0.25, -0.2) is 0 Å². The number of amides is 2. The Morgan fingerprint density at radius 3 is 2.25 bits per heavy atom. The minimum absolute atomic E-state index is 0.00313. The summed E-state index contributed by atoms with van der Waals surface area (Å²) in [6.45, 7) is 6.96. The minimum atomic E-state index is -0.513. The second kappa shape index (κ2) is 9.37. The van der Waals surface area contributed by atoms with E-state index in [1.165, 1.54) is 5.69 Å². The highest BCUT2D eigenvalue weighted by Gasteiger charge is 2.22. The van der Waals surface area contributed by atoms with Crippen LogP contribution in [-0.4, -0.2) is 56.0 Å². The van der Waals surface area contributed by atoms with E-state index in [9.17, 15) is 9.59 Å². The lowest BCUT2D eigenvalue weighted by molar-refractivity contribution is -0.118. The van der Waals surface area contributed by atoms with Crippen LogP contribution in [0.1, 0.15) is 23.7 Å². The standard InChI is InChI=1S/C22H28N4O2/c1-2-21(27)26(20-11-7-6-10-19(20)22(23)28)17-14-24-12-15-25(16-13-24)18-8-4-3-5-9-18/h3-11H,2,12-17H2,1H3,(H2,23,28). The Labute approximate surface area is 166 Å². The molecule has 0 atom stereocenters. The lowest BCUT2D eigenvalue weighted by atomic mass is 10.1. The second-order valence-corrected chi connectivity index (χ2v) is 6.94. The summed E-state index contributed by atoms with van der Waals surface area (Å²) in [5, 5.41) is 0. The maximum absolute atomic E-state index is 12.5. The molecule has 0 saturated carbocycles. The quantitative estimate of drug-likeness (QED) is 0.801. The summed E-state index contributed by atoms with van der Waals surface area (Å²) in [5.41, 5.74) is 7.75. The maximum atomic E-state index is 12.5. The average Bonchev–Trinajstić information content (AvgIpc) is 2.75. The van der Waals surface area contributed by atoms with E-state index in [-0.39, 0.29) is 5.91 Å². The average molecular weight is 380 g/mol. The summed E-state index contributed by atoms with van der Waals surface area (Å²) < 4.78 is 0. The van der Waals surface area contributed by atoms with Crippen molar-refractivity contribution in [2.75, 3.05) is 49.1 Å². The summed E-state index contributed by atoms with van der Waals surface area (Å²) in [5.74, 6) is -0.516. The molecule has 1 heterocycles. The topological polar surface area (TPSA) is 69.9 Å². The summed E-state index contributed by atoms with van der Waals surface area (Å²) in [4.78, 5) is 30.8. The number of anilines is 2. The van der Waals surface area contributed by atoms with Gasteiger partial charge in [-0.05, 0) is 24.3 Å².